The van der Waals surface area contributed by atoms with Gasteiger partial charge >= 0.3 is 0 Å². The van der Waals surface area contributed by atoms with Crippen LogP contribution in [-0.4, -0.2) is 42.4 Å². The quantitative estimate of drug-likeness (QED) is 0.668. The molecule has 1 heterocycles. The second-order valence-corrected chi connectivity index (χ2v) is 4.04. The lowest BCUT2D eigenvalue weighted by Gasteiger charge is -2.17. The van der Waals surface area contributed by atoms with Crippen molar-refractivity contribution in [3.8, 4) is 0 Å². The van der Waals surface area contributed by atoms with E-state index in [0.29, 0.717) is 30.0 Å². The lowest BCUT2D eigenvalue weighted by molar-refractivity contribution is 0.0877. The van der Waals surface area contributed by atoms with Gasteiger partial charge in [-0.05, 0) is 19.4 Å². The van der Waals surface area contributed by atoms with Crippen molar-refractivity contribution in [2.45, 2.75) is 19.4 Å². The van der Waals surface area contributed by atoms with E-state index in [1.165, 1.54) is 6.20 Å². The van der Waals surface area contributed by atoms with Crippen LogP contribution in [0.2, 0.25) is 0 Å². The van der Waals surface area contributed by atoms with Crippen molar-refractivity contribution in [3.63, 3.8) is 0 Å². The second-order valence-electron chi connectivity index (χ2n) is 4.04. The number of methoxy groups -OCH3 is 1. The van der Waals surface area contributed by atoms with E-state index in [-0.39, 0.29) is 18.6 Å². The summed E-state index contributed by atoms with van der Waals surface area (Å²) in [5.41, 5.74) is 7.10. The summed E-state index contributed by atoms with van der Waals surface area (Å²) < 4.78 is 4.98. The van der Waals surface area contributed by atoms with Gasteiger partial charge in [-0.2, -0.15) is 0 Å². The number of nitrogens with zero attached hydrogens (tertiary/aromatic N) is 1. The molecule has 6 nitrogen and oxygen atoms in total. The smallest absolute Gasteiger partial charge is 0.253 e. The lowest BCUT2D eigenvalue weighted by atomic mass is 10.1. The Bertz CT molecular complexity index is 404. The topological polar surface area (TPSA) is 97.5 Å². The molecule has 0 bridgehead atoms. The molecule has 100 valence electrons. The number of ether oxygens (including phenoxy) is 1. The maximum atomic E-state index is 12.0. The van der Waals surface area contributed by atoms with Gasteiger partial charge in [0.05, 0.1) is 35.8 Å². The molecule has 1 rings (SSSR count). The molecule has 1 aromatic heterocycles. The van der Waals surface area contributed by atoms with Crippen LogP contribution in [-0.2, 0) is 4.74 Å². The van der Waals surface area contributed by atoms with Crippen LogP contribution in [0.5, 0.6) is 0 Å². The van der Waals surface area contributed by atoms with Gasteiger partial charge in [0.1, 0.15) is 0 Å². The van der Waals surface area contributed by atoms with Crippen molar-refractivity contribution < 1.29 is 14.6 Å². The molecule has 0 fully saturated rings. The predicted molar refractivity (Wildman–Crippen MR) is 68.2 cm³/mol. The fourth-order valence-electron chi connectivity index (χ4n) is 1.60. The van der Waals surface area contributed by atoms with Gasteiger partial charge in [-0.25, -0.2) is 0 Å². The number of hydrogen-bond acceptors (Lipinski definition) is 5. The van der Waals surface area contributed by atoms with Gasteiger partial charge in [-0.3, -0.25) is 9.78 Å². The number of nitrogens with one attached hydrogen (secondary N) is 1. The van der Waals surface area contributed by atoms with Gasteiger partial charge in [0.15, 0.2) is 0 Å². The van der Waals surface area contributed by atoms with Crippen molar-refractivity contribution >= 4 is 11.6 Å². The molecule has 0 aliphatic rings. The summed E-state index contributed by atoms with van der Waals surface area (Å²) in [6, 6.07) is 1.36. The van der Waals surface area contributed by atoms with Crippen LogP contribution in [0.25, 0.3) is 0 Å². The number of aliphatic hydroxyl groups excluding tert-OH is 1. The van der Waals surface area contributed by atoms with E-state index in [9.17, 15) is 4.79 Å². The Labute approximate surface area is 106 Å². The maximum Gasteiger partial charge on any atom is 0.253 e. The first kappa shape index (κ1) is 14.4. The molecule has 1 aromatic rings. The fraction of sp³-hybridized carbons (Fsp3) is 0.500. The third-order valence-electron chi connectivity index (χ3n) is 2.53. The molecule has 18 heavy (non-hydrogen) atoms. The number of rotatable bonds is 6. The minimum atomic E-state index is -0.261. The van der Waals surface area contributed by atoms with E-state index < -0.39 is 0 Å². The molecular formula is C12H19N3O3. The van der Waals surface area contributed by atoms with Gasteiger partial charge in [0.2, 0.25) is 0 Å². The number of carbonyl (C=O) groups is 1. The molecule has 0 saturated heterocycles. The number of nitrogen functional groups attached to an aromatic ring is 1. The van der Waals surface area contributed by atoms with E-state index in [0.717, 1.165) is 0 Å². The Hall–Kier alpha value is -1.66. The molecule has 0 saturated carbocycles. The van der Waals surface area contributed by atoms with E-state index in [4.69, 9.17) is 15.6 Å². The standard InChI is InChI=1S/C12H19N3O3/c1-8-11(5-9(13)6-14-8)12(17)15-10(3-4-16)7-18-2/h5-6,10,16H,3-4,7,13H2,1-2H3,(H,15,17). The van der Waals surface area contributed by atoms with Crippen molar-refractivity contribution in [3.05, 3.63) is 23.5 Å². The molecule has 4 N–H and O–H groups in total. The Morgan fingerprint density at radius 1 is 1.67 bits per heavy atom. The number of aromatic nitrogens is 1. The highest BCUT2D eigenvalue weighted by atomic mass is 16.5. The van der Waals surface area contributed by atoms with Crippen LogP contribution in [0.3, 0.4) is 0 Å². The maximum absolute atomic E-state index is 12.0. The lowest BCUT2D eigenvalue weighted by Crippen LogP contribution is -2.39. The summed E-state index contributed by atoms with van der Waals surface area (Å²) >= 11 is 0. The summed E-state index contributed by atoms with van der Waals surface area (Å²) in [7, 11) is 1.55. The summed E-state index contributed by atoms with van der Waals surface area (Å²) in [4.78, 5) is 16.1. The van der Waals surface area contributed by atoms with Gasteiger partial charge in [0, 0.05) is 13.7 Å². The van der Waals surface area contributed by atoms with Crippen molar-refractivity contribution in [2.75, 3.05) is 26.1 Å². The van der Waals surface area contributed by atoms with Gasteiger partial charge in [-0.15, -0.1) is 0 Å². The van der Waals surface area contributed by atoms with Crippen LogP contribution >= 0.6 is 0 Å². The first-order valence-corrected chi connectivity index (χ1v) is 5.71. The van der Waals surface area contributed by atoms with Crippen molar-refractivity contribution in [1.82, 2.24) is 10.3 Å². The van der Waals surface area contributed by atoms with Gasteiger partial charge < -0.3 is 20.9 Å². The van der Waals surface area contributed by atoms with Crippen LogP contribution in [0.4, 0.5) is 5.69 Å². The molecular weight excluding hydrogens is 234 g/mol. The molecule has 0 spiro atoms. The Morgan fingerprint density at radius 2 is 2.39 bits per heavy atom. The van der Waals surface area contributed by atoms with E-state index in [2.05, 4.69) is 10.3 Å². The normalized spacial score (nSPS) is 12.2. The van der Waals surface area contributed by atoms with Crippen LogP contribution in [0.15, 0.2) is 12.3 Å². The number of aryl methyl sites for hydroxylation is 1. The summed E-state index contributed by atoms with van der Waals surface area (Å²) in [6.07, 6.45) is 1.95. The first-order chi connectivity index (χ1) is 8.58. The number of amides is 1. The summed E-state index contributed by atoms with van der Waals surface area (Å²) in [5, 5.41) is 11.7. The Balaban J connectivity index is 2.76. The Morgan fingerprint density at radius 3 is 3.00 bits per heavy atom. The molecule has 0 aromatic carbocycles. The van der Waals surface area contributed by atoms with Crippen LogP contribution in [0, 0.1) is 6.92 Å². The molecule has 1 amide bonds. The molecule has 0 aliphatic heterocycles. The highest BCUT2D eigenvalue weighted by Crippen LogP contribution is 2.10. The van der Waals surface area contributed by atoms with Crippen LogP contribution < -0.4 is 11.1 Å². The molecule has 0 radical (unpaired) electrons. The largest absolute Gasteiger partial charge is 0.397 e. The monoisotopic (exact) mass is 253 g/mol. The minimum Gasteiger partial charge on any atom is -0.397 e. The third kappa shape index (κ3) is 3.97. The minimum absolute atomic E-state index is 0.0114. The zero-order chi connectivity index (χ0) is 13.5. The average Bonchev–Trinajstić information content (AvgIpc) is 2.33. The highest BCUT2D eigenvalue weighted by Gasteiger charge is 2.15. The van der Waals surface area contributed by atoms with Crippen molar-refractivity contribution in [1.29, 1.82) is 0 Å². The third-order valence-corrected chi connectivity index (χ3v) is 2.53. The number of anilines is 1. The van der Waals surface area contributed by atoms with Crippen LogP contribution in [0.1, 0.15) is 22.5 Å². The number of pyridine rings is 1. The number of carbonyl (C=O) groups excluding carboxylic acids is 1. The molecule has 0 aliphatic carbocycles. The number of hydrogen-bond donors (Lipinski definition) is 3. The summed E-state index contributed by atoms with van der Waals surface area (Å²) in [5.74, 6) is -0.261. The molecule has 1 atom stereocenters. The molecule has 6 heteroatoms. The highest BCUT2D eigenvalue weighted by molar-refractivity contribution is 5.96. The van der Waals surface area contributed by atoms with Crippen molar-refractivity contribution in [2.24, 2.45) is 0 Å². The molecule has 1 unspecified atom stereocenters. The number of nitrogens with two attached hydrogens (primary N) is 1. The van der Waals surface area contributed by atoms with Gasteiger partial charge in [0.25, 0.3) is 5.91 Å². The van der Waals surface area contributed by atoms with Gasteiger partial charge in [-0.1, -0.05) is 0 Å². The average molecular weight is 253 g/mol. The number of aliphatic hydroxyl groups is 1. The SMILES string of the molecule is COCC(CCO)NC(=O)c1cc(N)cnc1C. The van der Waals surface area contributed by atoms with E-state index in [1.54, 1.807) is 20.1 Å². The Kier molecular flexibility index (Phi) is 5.54. The predicted octanol–water partition coefficient (Wildman–Crippen LogP) is 0.0994. The summed E-state index contributed by atoms with van der Waals surface area (Å²) in [6.45, 7) is 2.08. The fourth-order valence-corrected chi connectivity index (χ4v) is 1.60. The van der Waals surface area contributed by atoms with E-state index in [1.807, 2.05) is 0 Å². The second kappa shape index (κ2) is 6.93. The first-order valence-electron chi connectivity index (χ1n) is 5.71. The van der Waals surface area contributed by atoms with E-state index >= 15 is 0 Å². The zero-order valence-electron chi connectivity index (χ0n) is 10.6. The zero-order valence-corrected chi connectivity index (χ0v) is 10.6.